The summed E-state index contributed by atoms with van der Waals surface area (Å²) in [6.07, 6.45) is -2.22. The largest absolute Gasteiger partial charge is 0.417 e. The van der Waals surface area contributed by atoms with Crippen LogP contribution in [0.4, 0.5) is 19.0 Å². The third-order valence-corrected chi connectivity index (χ3v) is 6.00. The number of rotatable bonds is 4. The lowest BCUT2D eigenvalue weighted by molar-refractivity contribution is -0.137. The lowest BCUT2D eigenvalue weighted by Crippen LogP contribution is -2.45. The van der Waals surface area contributed by atoms with Gasteiger partial charge >= 0.3 is 6.18 Å². The van der Waals surface area contributed by atoms with E-state index in [9.17, 15) is 18.0 Å². The predicted octanol–water partition coefficient (Wildman–Crippen LogP) is 5.31. The molecule has 1 fully saturated rings. The first kappa shape index (κ1) is 21.9. The molecular formula is C25H21F3N4O2. The highest BCUT2D eigenvalue weighted by Crippen LogP contribution is 2.31. The fourth-order valence-electron chi connectivity index (χ4n) is 4.14. The van der Waals surface area contributed by atoms with E-state index in [0.29, 0.717) is 48.6 Å². The first-order valence-corrected chi connectivity index (χ1v) is 10.9. The number of benzene rings is 2. The van der Waals surface area contributed by atoms with Gasteiger partial charge in [-0.05, 0) is 43.2 Å². The molecule has 1 N–H and O–H groups in total. The van der Waals surface area contributed by atoms with Crippen LogP contribution < -0.4 is 10.2 Å². The van der Waals surface area contributed by atoms with Gasteiger partial charge in [0.2, 0.25) is 0 Å². The predicted molar refractivity (Wildman–Crippen MR) is 121 cm³/mol. The Hall–Kier alpha value is -3.88. The molecule has 0 unspecified atom stereocenters. The molecule has 6 nitrogen and oxygen atoms in total. The van der Waals surface area contributed by atoms with Crippen molar-refractivity contribution in [2.24, 2.45) is 0 Å². The molecule has 0 saturated carbocycles. The zero-order valence-corrected chi connectivity index (χ0v) is 18.0. The summed E-state index contributed by atoms with van der Waals surface area (Å²) in [4.78, 5) is 18.8. The molecule has 34 heavy (non-hydrogen) atoms. The zero-order valence-electron chi connectivity index (χ0n) is 18.0. The van der Waals surface area contributed by atoms with E-state index in [-0.39, 0.29) is 11.9 Å². The highest BCUT2D eigenvalue weighted by Gasteiger charge is 2.31. The number of nitrogens with one attached hydrogen (secondary N) is 1. The van der Waals surface area contributed by atoms with Gasteiger partial charge in [-0.15, -0.1) is 0 Å². The summed E-state index contributed by atoms with van der Waals surface area (Å²) in [5.41, 5.74) is 1.30. The van der Waals surface area contributed by atoms with Gasteiger partial charge in [0.15, 0.2) is 5.76 Å². The first-order chi connectivity index (χ1) is 16.4. The number of fused-ring (bicyclic) bond motifs is 1. The smallest absolute Gasteiger partial charge is 0.356 e. The van der Waals surface area contributed by atoms with E-state index >= 15 is 0 Å². The molecule has 1 amide bonds. The summed E-state index contributed by atoms with van der Waals surface area (Å²) < 4.78 is 43.8. The molecule has 2 aromatic carbocycles. The van der Waals surface area contributed by atoms with Gasteiger partial charge in [0.05, 0.1) is 10.9 Å². The van der Waals surface area contributed by atoms with Crippen LogP contribution in [0, 0.1) is 0 Å². The summed E-state index contributed by atoms with van der Waals surface area (Å²) in [7, 11) is 0. The van der Waals surface area contributed by atoms with Gasteiger partial charge in [-0.1, -0.05) is 35.5 Å². The van der Waals surface area contributed by atoms with Crippen molar-refractivity contribution >= 4 is 22.6 Å². The van der Waals surface area contributed by atoms with Gasteiger partial charge in [0.1, 0.15) is 11.3 Å². The molecule has 3 heterocycles. The zero-order chi connectivity index (χ0) is 23.7. The van der Waals surface area contributed by atoms with Gasteiger partial charge in [-0.25, -0.2) is 4.98 Å². The average molecular weight is 466 g/mol. The standard InChI is InChI=1S/C25H21F3N4O2/c26-25(27,28)18-7-9-22(29-15-18)32-12-10-19(11-13-32)30-24(33)17-6-8-21-20(14-17)23(34-31-21)16-4-2-1-3-5-16/h1-9,14-15,19H,10-13H2,(H,30,33). The minimum absolute atomic E-state index is 0.0371. The van der Waals surface area contributed by atoms with Gasteiger partial charge in [-0.2, -0.15) is 13.2 Å². The number of pyridine rings is 1. The van der Waals surface area contributed by atoms with Crippen molar-refractivity contribution in [3.05, 3.63) is 78.0 Å². The molecule has 0 bridgehead atoms. The van der Waals surface area contributed by atoms with Crippen LogP contribution in [0.5, 0.6) is 0 Å². The monoisotopic (exact) mass is 466 g/mol. The molecule has 0 spiro atoms. The number of halogens is 3. The summed E-state index contributed by atoms with van der Waals surface area (Å²) in [5.74, 6) is 0.931. The van der Waals surface area contributed by atoms with Gasteiger partial charge in [0, 0.05) is 36.5 Å². The Balaban J connectivity index is 1.23. The van der Waals surface area contributed by atoms with Crippen molar-refractivity contribution in [2.75, 3.05) is 18.0 Å². The van der Waals surface area contributed by atoms with E-state index in [1.165, 1.54) is 6.07 Å². The van der Waals surface area contributed by atoms with Crippen LogP contribution in [0.15, 0.2) is 71.4 Å². The minimum Gasteiger partial charge on any atom is -0.356 e. The Morgan fingerprint density at radius 2 is 1.79 bits per heavy atom. The number of anilines is 1. The number of carbonyl (C=O) groups excluding carboxylic acids is 1. The number of aromatic nitrogens is 2. The molecule has 1 aliphatic heterocycles. The third kappa shape index (κ3) is 4.46. The molecule has 0 radical (unpaired) electrons. The quantitative estimate of drug-likeness (QED) is 0.442. The number of amides is 1. The molecule has 2 aromatic heterocycles. The molecule has 0 aliphatic carbocycles. The molecule has 1 aliphatic rings. The van der Waals surface area contributed by atoms with E-state index in [0.717, 1.165) is 23.2 Å². The SMILES string of the molecule is O=C(NC1CCN(c2ccc(C(F)(F)F)cn2)CC1)c1ccc2noc(-c3ccccc3)c2c1. The number of nitrogens with zero attached hydrogens (tertiary/aromatic N) is 3. The van der Waals surface area contributed by atoms with Crippen molar-refractivity contribution in [1.29, 1.82) is 0 Å². The Morgan fingerprint density at radius 1 is 1.03 bits per heavy atom. The number of hydrogen-bond acceptors (Lipinski definition) is 5. The molecule has 0 atom stereocenters. The lowest BCUT2D eigenvalue weighted by Gasteiger charge is -2.33. The van der Waals surface area contributed by atoms with E-state index < -0.39 is 11.7 Å². The Bertz CT molecular complexity index is 1300. The summed E-state index contributed by atoms with van der Waals surface area (Å²) in [5, 5.41) is 7.92. The maximum absolute atomic E-state index is 12.9. The molecule has 174 valence electrons. The topological polar surface area (TPSA) is 71.3 Å². The van der Waals surface area contributed by atoms with Gasteiger partial charge in [-0.3, -0.25) is 4.79 Å². The van der Waals surface area contributed by atoms with Crippen LogP contribution in [0.3, 0.4) is 0 Å². The normalized spacial score (nSPS) is 15.0. The van der Waals surface area contributed by atoms with E-state index in [2.05, 4.69) is 15.5 Å². The second-order valence-electron chi connectivity index (χ2n) is 8.25. The molecule has 5 rings (SSSR count). The summed E-state index contributed by atoms with van der Waals surface area (Å²) in [6, 6.07) is 17.2. The highest BCUT2D eigenvalue weighted by atomic mass is 19.4. The van der Waals surface area contributed by atoms with Crippen molar-refractivity contribution in [3.63, 3.8) is 0 Å². The Kier molecular flexibility index (Phi) is 5.69. The second-order valence-corrected chi connectivity index (χ2v) is 8.25. The number of carbonyl (C=O) groups is 1. The minimum atomic E-state index is -4.40. The fourth-order valence-corrected chi connectivity index (χ4v) is 4.14. The van der Waals surface area contributed by atoms with Crippen LogP contribution in [-0.2, 0) is 6.18 Å². The van der Waals surface area contributed by atoms with Crippen molar-refractivity contribution in [1.82, 2.24) is 15.5 Å². The van der Waals surface area contributed by atoms with E-state index in [4.69, 9.17) is 4.52 Å². The average Bonchev–Trinajstić information content (AvgIpc) is 3.28. The second kappa shape index (κ2) is 8.81. The van der Waals surface area contributed by atoms with Crippen LogP contribution in [0.25, 0.3) is 22.2 Å². The van der Waals surface area contributed by atoms with Crippen LogP contribution in [-0.4, -0.2) is 35.2 Å². The van der Waals surface area contributed by atoms with Crippen LogP contribution in [0.1, 0.15) is 28.8 Å². The number of hydrogen-bond donors (Lipinski definition) is 1. The van der Waals surface area contributed by atoms with E-state index in [1.807, 2.05) is 35.2 Å². The number of piperidine rings is 1. The number of alkyl halides is 3. The maximum atomic E-state index is 12.9. The van der Waals surface area contributed by atoms with Crippen molar-refractivity contribution in [3.8, 4) is 11.3 Å². The van der Waals surface area contributed by atoms with Gasteiger partial charge < -0.3 is 14.7 Å². The van der Waals surface area contributed by atoms with Crippen LogP contribution in [0.2, 0.25) is 0 Å². The fraction of sp³-hybridized carbons (Fsp3) is 0.240. The van der Waals surface area contributed by atoms with Crippen LogP contribution >= 0.6 is 0 Å². The third-order valence-electron chi connectivity index (χ3n) is 6.00. The molecule has 4 aromatic rings. The van der Waals surface area contributed by atoms with Crippen molar-refractivity contribution < 1.29 is 22.5 Å². The lowest BCUT2D eigenvalue weighted by atomic mass is 10.0. The Labute approximate surface area is 193 Å². The summed E-state index contributed by atoms with van der Waals surface area (Å²) >= 11 is 0. The molecule has 9 heteroatoms. The maximum Gasteiger partial charge on any atom is 0.417 e. The van der Waals surface area contributed by atoms with E-state index in [1.54, 1.807) is 18.2 Å². The van der Waals surface area contributed by atoms with Crippen molar-refractivity contribution in [2.45, 2.75) is 25.1 Å². The molecule has 1 saturated heterocycles. The van der Waals surface area contributed by atoms with Gasteiger partial charge in [0.25, 0.3) is 5.91 Å². The summed E-state index contributed by atoms with van der Waals surface area (Å²) in [6.45, 7) is 1.18. The Morgan fingerprint density at radius 3 is 2.47 bits per heavy atom. The highest BCUT2D eigenvalue weighted by molar-refractivity contribution is 6.01. The molecular weight excluding hydrogens is 445 g/mol. The first-order valence-electron chi connectivity index (χ1n) is 10.9.